The van der Waals surface area contributed by atoms with Crippen molar-refractivity contribution < 1.29 is 9.53 Å². The number of carbonyl (C=O) groups excluding carboxylic acids is 1. The van der Waals surface area contributed by atoms with Crippen molar-refractivity contribution in [2.24, 2.45) is 0 Å². The number of carbonyl (C=O) groups is 1. The number of pyridine rings is 1. The van der Waals surface area contributed by atoms with Crippen LogP contribution in [-0.4, -0.2) is 15.8 Å². The van der Waals surface area contributed by atoms with Crippen LogP contribution in [0.4, 0.5) is 0 Å². The molecule has 1 aromatic carbocycles. The van der Waals surface area contributed by atoms with Crippen molar-refractivity contribution in [3.05, 3.63) is 76.0 Å². The predicted octanol–water partition coefficient (Wildman–Crippen LogP) is 3.92. The molecule has 0 aliphatic rings. The minimum absolute atomic E-state index is 0.256. The summed E-state index contributed by atoms with van der Waals surface area (Å²) in [5.41, 5.74) is 2.10. The van der Waals surface area contributed by atoms with Crippen LogP contribution in [0.1, 0.15) is 32.7 Å². The molecular weight excluding hydrogens is 334 g/mol. The number of hydrogen-bond donors (Lipinski definition) is 0. The third-order valence-electron chi connectivity index (χ3n) is 3.53. The molecule has 3 aromatic rings. The lowest BCUT2D eigenvalue weighted by molar-refractivity contribution is 0.0978. The molecule has 124 valence electrons. The zero-order chi connectivity index (χ0) is 17.6. The molecule has 0 N–H and O–H groups in total. The van der Waals surface area contributed by atoms with Gasteiger partial charge in [0, 0.05) is 22.8 Å². The van der Waals surface area contributed by atoms with Gasteiger partial charge in [0.2, 0.25) is 0 Å². The first-order valence-electron chi connectivity index (χ1n) is 7.66. The Balaban J connectivity index is 1.69. The molecule has 2 heterocycles. The number of ketones is 1. The van der Waals surface area contributed by atoms with E-state index < -0.39 is 5.92 Å². The zero-order valence-electron chi connectivity index (χ0n) is 13.5. The molecule has 6 heteroatoms. The van der Waals surface area contributed by atoms with Crippen LogP contribution in [0.5, 0.6) is 5.75 Å². The van der Waals surface area contributed by atoms with Crippen LogP contribution in [0.2, 0.25) is 0 Å². The molecule has 0 fully saturated rings. The Morgan fingerprint density at radius 1 is 1.28 bits per heavy atom. The van der Waals surface area contributed by atoms with E-state index >= 15 is 0 Å². The summed E-state index contributed by atoms with van der Waals surface area (Å²) in [4.78, 5) is 21.0. The van der Waals surface area contributed by atoms with E-state index in [1.165, 1.54) is 11.3 Å². The number of aromatic nitrogens is 2. The number of rotatable bonds is 6. The number of nitrogens with zero attached hydrogens (tertiary/aromatic N) is 3. The number of Topliss-reactive ketones (excluding diaryl/α,β-unsaturated/α-hetero) is 1. The fourth-order valence-corrected chi connectivity index (χ4v) is 3.09. The Kier molecular flexibility index (Phi) is 5.17. The van der Waals surface area contributed by atoms with Gasteiger partial charge in [0.1, 0.15) is 17.4 Å². The molecule has 1 atom stereocenters. The highest BCUT2D eigenvalue weighted by Crippen LogP contribution is 2.25. The van der Waals surface area contributed by atoms with Gasteiger partial charge in [-0.05, 0) is 43.3 Å². The first kappa shape index (κ1) is 16.8. The van der Waals surface area contributed by atoms with Gasteiger partial charge in [-0.25, -0.2) is 4.98 Å². The lowest BCUT2D eigenvalue weighted by Crippen LogP contribution is -2.11. The molecule has 0 bridgehead atoms. The lowest BCUT2D eigenvalue weighted by Gasteiger charge is -2.08. The second-order valence-electron chi connectivity index (χ2n) is 5.39. The van der Waals surface area contributed by atoms with Crippen molar-refractivity contribution in [1.29, 1.82) is 5.26 Å². The quantitative estimate of drug-likeness (QED) is 0.631. The summed E-state index contributed by atoms with van der Waals surface area (Å²) in [5.74, 6) is -0.493. The van der Waals surface area contributed by atoms with Crippen molar-refractivity contribution in [3.63, 3.8) is 0 Å². The van der Waals surface area contributed by atoms with Crippen molar-refractivity contribution in [2.45, 2.75) is 19.4 Å². The maximum Gasteiger partial charge on any atom is 0.186 e. The fraction of sp³-hybridized carbons (Fsp3) is 0.158. The summed E-state index contributed by atoms with van der Waals surface area (Å²) in [6.45, 7) is 2.19. The Morgan fingerprint density at radius 3 is 2.68 bits per heavy atom. The molecule has 0 aliphatic carbocycles. The van der Waals surface area contributed by atoms with Gasteiger partial charge in [-0.1, -0.05) is 6.07 Å². The first-order valence-corrected chi connectivity index (χ1v) is 8.54. The Bertz CT molecular complexity index is 898. The number of nitriles is 1. The first-order chi connectivity index (χ1) is 12.2. The molecule has 0 saturated heterocycles. The van der Waals surface area contributed by atoms with E-state index in [9.17, 15) is 10.1 Å². The van der Waals surface area contributed by atoms with Gasteiger partial charge in [0.15, 0.2) is 11.7 Å². The van der Waals surface area contributed by atoms with Crippen LogP contribution >= 0.6 is 11.3 Å². The Morgan fingerprint density at radius 2 is 2.08 bits per heavy atom. The molecule has 0 spiro atoms. The maximum absolute atomic E-state index is 12.6. The highest BCUT2D eigenvalue weighted by atomic mass is 32.1. The van der Waals surface area contributed by atoms with Gasteiger partial charge < -0.3 is 4.74 Å². The lowest BCUT2D eigenvalue weighted by atomic mass is 9.99. The van der Waals surface area contributed by atoms with Crippen molar-refractivity contribution in [1.82, 2.24) is 9.97 Å². The van der Waals surface area contributed by atoms with E-state index in [0.29, 0.717) is 22.9 Å². The second kappa shape index (κ2) is 7.69. The van der Waals surface area contributed by atoms with Crippen LogP contribution in [0.15, 0.2) is 54.0 Å². The number of benzene rings is 1. The standard InChI is InChI=1S/C19H15N3O2S/c1-13-12-25-19(22-13)17(10-20)18(23)14-5-7-16(8-6-14)24-11-15-4-2-3-9-21-15/h2-9,12,17H,11H2,1H3/t17-/m0/s1. The zero-order valence-corrected chi connectivity index (χ0v) is 14.4. The average molecular weight is 349 g/mol. The summed E-state index contributed by atoms with van der Waals surface area (Å²) < 4.78 is 5.65. The SMILES string of the molecule is Cc1csc([C@@H](C#N)C(=O)c2ccc(OCc3ccccn3)cc2)n1. The van der Waals surface area contributed by atoms with Crippen LogP contribution in [0.25, 0.3) is 0 Å². The molecule has 5 nitrogen and oxygen atoms in total. The summed E-state index contributed by atoms with van der Waals surface area (Å²) in [6, 6.07) is 14.5. The minimum atomic E-state index is -0.876. The molecule has 2 aromatic heterocycles. The summed E-state index contributed by atoms with van der Waals surface area (Å²) >= 11 is 1.33. The van der Waals surface area contributed by atoms with E-state index in [4.69, 9.17) is 4.74 Å². The summed E-state index contributed by atoms with van der Waals surface area (Å²) in [7, 11) is 0. The van der Waals surface area contributed by atoms with Gasteiger partial charge >= 0.3 is 0 Å². The smallest absolute Gasteiger partial charge is 0.186 e. The van der Waals surface area contributed by atoms with E-state index in [1.807, 2.05) is 30.5 Å². The van der Waals surface area contributed by atoms with Crippen molar-refractivity contribution in [2.75, 3.05) is 0 Å². The predicted molar refractivity (Wildman–Crippen MR) is 94.5 cm³/mol. The molecule has 0 radical (unpaired) electrons. The Hall–Kier alpha value is -3.04. The van der Waals surface area contributed by atoms with Gasteiger partial charge in [-0.15, -0.1) is 11.3 Å². The normalized spacial score (nSPS) is 11.5. The highest BCUT2D eigenvalue weighted by Gasteiger charge is 2.24. The van der Waals surface area contributed by atoms with Crippen LogP contribution in [0.3, 0.4) is 0 Å². The number of ether oxygens (including phenoxy) is 1. The van der Waals surface area contributed by atoms with E-state index in [1.54, 1.807) is 30.5 Å². The molecule has 3 rings (SSSR count). The van der Waals surface area contributed by atoms with E-state index in [2.05, 4.69) is 16.0 Å². The minimum Gasteiger partial charge on any atom is -0.487 e. The van der Waals surface area contributed by atoms with Crippen LogP contribution in [-0.2, 0) is 6.61 Å². The third kappa shape index (κ3) is 4.08. The summed E-state index contributed by atoms with van der Waals surface area (Å²) in [5, 5.41) is 11.7. The summed E-state index contributed by atoms with van der Waals surface area (Å²) in [6.07, 6.45) is 1.71. The molecule has 0 amide bonds. The molecule has 25 heavy (non-hydrogen) atoms. The number of thiazole rings is 1. The fourth-order valence-electron chi connectivity index (χ4n) is 2.25. The van der Waals surface area contributed by atoms with Crippen LogP contribution < -0.4 is 4.74 Å². The molecular formula is C19H15N3O2S. The van der Waals surface area contributed by atoms with Gasteiger partial charge in [0.25, 0.3) is 0 Å². The maximum atomic E-state index is 12.6. The van der Waals surface area contributed by atoms with Crippen molar-refractivity contribution in [3.8, 4) is 11.8 Å². The van der Waals surface area contributed by atoms with E-state index in [-0.39, 0.29) is 5.78 Å². The molecule has 0 aliphatic heterocycles. The number of aryl methyl sites for hydroxylation is 1. The monoisotopic (exact) mass is 349 g/mol. The van der Waals surface area contributed by atoms with Gasteiger partial charge in [-0.2, -0.15) is 5.26 Å². The highest BCUT2D eigenvalue weighted by molar-refractivity contribution is 7.10. The molecule has 0 saturated carbocycles. The average Bonchev–Trinajstić information content (AvgIpc) is 3.08. The van der Waals surface area contributed by atoms with Crippen LogP contribution in [0, 0.1) is 18.3 Å². The van der Waals surface area contributed by atoms with Crippen molar-refractivity contribution >= 4 is 17.1 Å². The topological polar surface area (TPSA) is 75.9 Å². The van der Waals surface area contributed by atoms with E-state index in [0.717, 1.165) is 11.4 Å². The third-order valence-corrected chi connectivity index (χ3v) is 4.55. The number of hydrogen-bond acceptors (Lipinski definition) is 6. The van der Waals surface area contributed by atoms with Gasteiger partial charge in [0.05, 0.1) is 11.8 Å². The molecule has 0 unspecified atom stereocenters. The second-order valence-corrected chi connectivity index (χ2v) is 6.28. The largest absolute Gasteiger partial charge is 0.487 e. The van der Waals surface area contributed by atoms with Gasteiger partial charge in [-0.3, -0.25) is 9.78 Å². The Labute approximate surface area is 149 Å².